The van der Waals surface area contributed by atoms with Gasteiger partial charge >= 0.3 is 0 Å². The van der Waals surface area contributed by atoms with Gasteiger partial charge in [0.25, 0.3) is 5.91 Å². The Hall–Kier alpha value is -3.86. The van der Waals surface area contributed by atoms with E-state index < -0.39 is 5.91 Å². The summed E-state index contributed by atoms with van der Waals surface area (Å²) in [6.07, 6.45) is 1.45. The maximum Gasteiger partial charge on any atom is 0.261 e. The Labute approximate surface area is 161 Å². The molecule has 0 atom stereocenters. The number of amides is 1. The second kappa shape index (κ2) is 7.40. The van der Waals surface area contributed by atoms with E-state index in [1.165, 1.54) is 6.20 Å². The van der Waals surface area contributed by atoms with Gasteiger partial charge < -0.3 is 15.0 Å². The van der Waals surface area contributed by atoms with Gasteiger partial charge in [0.05, 0.1) is 7.11 Å². The number of H-pyrrole nitrogens is 1. The van der Waals surface area contributed by atoms with Crippen LogP contribution in [0.25, 0.3) is 22.0 Å². The van der Waals surface area contributed by atoms with Crippen molar-refractivity contribution in [3.05, 3.63) is 94.8 Å². The highest BCUT2D eigenvalue weighted by molar-refractivity contribution is 6.07. The summed E-state index contributed by atoms with van der Waals surface area (Å²) in [5, 5.41) is 3.35. The van der Waals surface area contributed by atoms with Crippen LogP contribution in [0.2, 0.25) is 0 Å². The average molecular weight is 370 g/mol. The predicted molar refractivity (Wildman–Crippen MR) is 111 cm³/mol. The SMILES string of the molecule is COc1ccc(-c2ccccc2NC(=O)c2c[nH]c3ccccc3c2=O)cc1. The molecule has 1 heterocycles. The van der Waals surface area contributed by atoms with E-state index >= 15 is 0 Å². The predicted octanol–water partition coefficient (Wildman–Crippen LogP) is 4.46. The van der Waals surface area contributed by atoms with E-state index in [0.717, 1.165) is 16.9 Å². The molecular formula is C23H18N2O3. The van der Waals surface area contributed by atoms with Gasteiger partial charge in [0, 0.05) is 28.4 Å². The molecule has 0 bridgehead atoms. The van der Waals surface area contributed by atoms with Gasteiger partial charge in [-0.15, -0.1) is 0 Å². The Bertz CT molecular complexity index is 1210. The van der Waals surface area contributed by atoms with Gasteiger partial charge in [-0.05, 0) is 35.9 Å². The number of pyridine rings is 1. The minimum absolute atomic E-state index is 0.0724. The molecule has 5 heteroatoms. The molecule has 0 fully saturated rings. The molecule has 3 aromatic carbocycles. The summed E-state index contributed by atoms with van der Waals surface area (Å²) in [7, 11) is 1.62. The molecule has 0 saturated heterocycles. The van der Waals surface area contributed by atoms with Crippen molar-refractivity contribution in [2.45, 2.75) is 0 Å². The van der Waals surface area contributed by atoms with Crippen molar-refractivity contribution >= 4 is 22.5 Å². The Morgan fingerprint density at radius 1 is 0.929 bits per heavy atom. The first-order chi connectivity index (χ1) is 13.7. The molecule has 0 aliphatic heterocycles. The molecule has 2 N–H and O–H groups in total. The number of nitrogens with one attached hydrogen (secondary N) is 2. The number of aromatic amines is 1. The van der Waals surface area contributed by atoms with Crippen molar-refractivity contribution in [2.24, 2.45) is 0 Å². The molecule has 4 aromatic rings. The maximum atomic E-state index is 12.8. The van der Waals surface area contributed by atoms with Crippen molar-refractivity contribution in [3.63, 3.8) is 0 Å². The molecule has 0 unspecified atom stereocenters. The number of methoxy groups -OCH3 is 1. The fourth-order valence-corrected chi connectivity index (χ4v) is 3.14. The van der Waals surface area contributed by atoms with Crippen molar-refractivity contribution in [1.29, 1.82) is 0 Å². The zero-order valence-electron chi connectivity index (χ0n) is 15.2. The Morgan fingerprint density at radius 2 is 1.64 bits per heavy atom. The molecule has 0 aliphatic carbocycles. The van der Waals surface area contributed by atoms with Crippen LogP contribution in [0.15, 0.2) is 83.8 Å². The summed E-state index contributed by atoms with van der Waals surface area (Å²) < 4.78 is 5.20. The van der Waals surface area contributed by atoms with Crippen LogP contribution in [0.5, 0.6) is 5.75 Å². The first kappa shape index (κ1) is 17.5. The lowest BCUT2D eigenvalue weighted by atomic mass is 10.0. The van der Waals surface area contributed by atoms with E-state index in [-0.39, 0.29) is 11.0 Å². The molecule has 5 nitrogen and oxygen atoms in total. The standard InChI is InChI=1S/C23H18N2O3/c1-28-16-12-10-15(11-13-16)17-6-2-5-9-21(17)25-23(27)19-14-24-20-8-4-3-7-18(20)22(19)26/h2-14H,1H3,(H,24,26)(H,25,27). The third kappa shape index (κ3) is 3.25. The molecule has 138 valence electrons. The van der Waals surface area contributed by atoms with Crippen molar-refractivity contribution in [1.82, 2.24) is 4.98 Å². The van der Waals surface area contributed by atoms with Crippen LogP contribution < -0.4 is 15.5 Å². The largest absolute Gasteiger partial charge is 0.497 e. The second-order valence-corrected chi connectivity index (χ2v) is 6.31. The van der Waals surface area contributed by atoms with Crippen LogP contribution in [-0.2, 0) is 0 Å². The zero-order valence-corrected chi connectivity index (χ0v) is 15.2. The highest BCUT2D eigenvalue weighted by Crippen LogP contribution is 2.29. The quantitative estimate of drug-likeness (QED) is 0.557. The maximum absolute atomic E-state index is 12.8. The van der Waals surface area contributed by atoms with Crippen LogP contribution in [0.1, 0.15) is 10.4 Å². The number of para-hydroxylation sites is 2. The number of anilines is 1. The molecule has 0 aliphatic rings. The molecule has 0 spiro atoms. The number of hydrogen-bond donors (Lipinski definition) is 2. The second-order valence-electron chi connectivity index (χ2n) is 6.31. The van der Waals surface area contributed by atoms with E-state index in [9.17, 15) is 9.59 Å². The topological polar surface area (TPSA) is 71.2 Å². The van der Waals surface area contributed by atoms with Crippen LogP contribution in [-0.4, -0.2) is 18.0 Å². The van der Waals surface area contributed by atoms with Gasteiger partial charge in [0.1, 0.15) is 11.3 Å². The number of carbonyl (C=O) groups excluding carboxylic acids is 1. The highest BCUT2D eigenvalue weighted by atomic mass is 16.5. The third-order valence-corrected chi connectivity index (χ3v) is 4.61. The van der Waals surface area contributed by atoms with E-state index in [4.69, 9.17) is 4.74 Å². The molecular weight excluding hydrogens is 352 g/mol. The summed E-state index contributed by atoms with van der Waals surface area (Å²) in [5.74, 6) is 0.306. The summed E-state index contributed by atoms with van der Waals surface area (Å²) in [6.45, 7) is 0. The van der Waals surface area contributed by atoms with Gasteiger partial charge in [-0.3, -0.25) is 9.59 Å². The van der Waals surface area contributed by atoms with Gasteiger partial charge in [0.15, 0.2) is 0 Å². The van der Waals surface area contributed by atoms with E-state index in [1.807, 2.05) is 54.6 Å². The third-order valence-electron chi connectivity index (χ3n) is 4.61. The monoisotopic (exact) mass is 370 g/mol. The minimum Gasteiger partial charge on any atom is -0.497 e. The first-order valence-electron chi connectivity index (χ1n) is 8.82. The molecule has 0 saturated carbocycles. The summed E-state index contributed by atoms with van der Waals surface area (Å²) in [4.78, 5) is 28.5. The molecule has 1 aromatic heterocycles. The Kier molecular flexibility index (Phi) is 4.64. The van der Waals surface area contributed by atoms with E-state index in [1.54, 1.807) is 25.3 Å². The van der Waals surface area contributed by atoms with E-state index in [2.05, 4.69) is 10.3 Å². The summed E-state index contributed by atoms with van der Waals surface area (Å²) >= 11 is 0. The summed E-state index contributed by atoms with van der Waals surface area (Å²) in [5.41, 5.74) is 2.89. The molecule has 28 heavy (non-hydrogen) atoms. The van der Waals surface area contributed by atoms with E-state index in [0.29, 0.717) is 16.6 Å². The lowest BCUT2D eigenvalue weighted by Crippen LogP contribution is -2.22. The number of fused-ring (bicyclic) bond motifs is 1. The van der Waals surface area contributed by atoms with Crippen molar-refractivity contribution < 1.29 is 9.53 Å². The number of carbonyl (C=O) groups is 1. The number of aromatic nitrogens is 1. The Balaban J connectivity index is 1.69. The summed E-state index contributed by atoms with van der Waals surface area (Å²) in [6, 6.07) is 22.2. The number of hydrogen-bond acceptors (Lipinski definition) is 3. The normalized spacial score (nSPS) is 10.6. The fraction of sp³-hybridized carbons (Fsp3) is 0.0435. The first-order valence-corrected chi connectivity index (χ1v) is 8.82. The number of ether oxygens (including phenoxy) is 1. The minimum atomic E-state index is -0.451. The van der Waals surface area contributed by atoms with Crippen LogP contribution >= 0.6 is 0 Å². The smallest absolute Gasteiger partial charge is 0.261 e. The van der Waals surface area contributed by atoms with Crippen molar-refractivity contribution in [3.8, 4) is 16.9 Å². The van der Waals surface area contributed by atoms with Crippen LogP contribution in [0.4, 0.5) is 5.69 Å². The van der Waals surface area contributed by atoms with Gasteiger partial charge in [-0.1, -0.05) is 42.5 Å². The molecule has 1 amide bonds. The number of rotatable bonds is 4. The van der Waals surface area contributed by atoms with Gasteiger partial charge in [-0.25, -0.2) is 0 Å². The fourth-order valence-electron chi connectivity index (χ4n) is 3.14. The van der Waals surface area contributed by atoms with Crippen molar-refractivity contribution in [2.75, 3.05) is 12.4 Å². The average Bonchev–Trinajstić information content (AvgIpc) is 2.74. The van der Waals surface area contributed by atoms with Crippen LogP contribution in [0, 0.1) is 0 Å². The lowest BCUT2D eigenvalue weighted by molar-refractivity contribution is 0.102. The van der Waals surface area contributed by atoms with Gasteiger partial charge in [0.2, 0.25) is 5.43 Å². The lowest BCUT2D eigenvalue weighted by Gasteiger charge is -2.12. The zero-order chi connectivity index (χ0) is 19.5. The van der Waals surface area contributed by atoms with Crippen LogP contribution in [0.3, 0.4) is 0 Å². The molecule has 4 rings (SSSR count). The number of benzene rings is 3. The Morgan fingerprint density at radius 3 is 2.43 bits per heavy atom. The molecule has 0 radical (unpaired) electrons. The highest BCUT2D eigenvalue weighted by Gasteiger charge is 2.15. The van der Waals surface area contributed by atoms with Gasteiger partial charge in [-0.2, -0.15) is 0 Å².